The quantitative estimate of drug-likeness (QED) is 0.694. The van der Waals surface area contributed by atoms with E-state index in [1.54, 1.807) is 0 Å². The SMILES string of the molecule is Cc1ccc(C)c(C(=O)CCCN2CCN(c3cc(C)ccc3C)CC2)c1. The Hall–Kier alpha value is -2.13. The molecular formula is C24H32N2O. The summed E-state index contributed by atoms with van der Waals surface area (Å²) in [6, 6.07) is 12.9. The van der Waals surface area contributed by atoms with Crippen molar-refractivity contribution in [2.24, 2.45) is 0 Å². The molecule has 1 aliphatic rings. The minimum Gasteiger partial charge on any atom is -0.369 e. The number of nitrogens with zero attached hydrogens (tertiary/aromatic N) is 2. The molecule has 27 heavy (non-hydrogen) atoms. The van der Waals surface area contributed by atoms with Gasteiger partial charge in [-0.3, -0.25) is 9.69 Å². The van der Waals surface area contributed by atoms with Crippen molar-refractivity contribution in [3.8, 4) is 0 Å². The fourth-order valence-electron chi connectivity index (χ4n) is 3.91. The van der Waals surface area contributed by atoms with Gasteiger partial charge in [0.2, 0.25) is 0 Å². The summed E-state index contributed by atoms with van der Waals surface area (Å²) in [5.41, 5.74) is 7.20. The molecule has 0 unspecified atom stereocenters. The van der Waals surface area contributed by atoms with Crippen molar-refractivity contribution in [3.05, 3.63) is 64.2 Å². The molecule has 1 saturated heterocycles. The largest absolute Gasteiger partial charge is 0.369 e. The van der Waals surface area contributed by atoms with Crippen molar-refractivity contribution < 1.29 is 4.79 Å². The van der Waals surface area contributed by atoms with Crippen molar-refractivity contribution in [1.82, 2.24) is 4.90 Å². The summed E-state index contributed by atoms with van der Waals surface area (Å²) in [6.45, 7) is 13.7. The van der Waals surface area contributed by atoms with Crippen LogP contribution in [0.15, 0.2) is 36.4 Å². The van der Waals surface area contributed by atoms with E-state index >= 15 is 0 Å². The second-order valence-electron chi connectivity index (χ2n) is 7.96. The Bertz CT molecular complexity index is 804. The summed E-state index contributed by atoms with van der Waals surface area (Å²) < 4.78 is 0. The standard InChI is InChI=1S/C24H32N2O/c1-18-7-9-20(3)22(16-18)24(27)6-5-11-25-12-14-26(15-13-25)23-17-19(2)8-10-21(23)4/h7-10,16-17H,5-6,11-15H2,1-4H3. The highest BCUT2D eigenvalue weighted by Gasteiger charge is 2.18. The topological polar surface area (TPSA) is 23.6 Å². The fraction of sp³-hybridized carbons (Fsp3) is 0.458. The molecule has 3 rings (SSSR count). The summed E-state index contributed by atoms with van der Waals surface area (Å²) in [5.74, 6) is 0.283. The predicted molar refractivity (Wildman–Crippen MR) is 114 cm³/mol. The number of rotatable bonds is 6. The van der Waals surface area contributed by atoms with Gasteiger partial charge in [-0.2, -0.15) is 0 Å². The van der Waals surface area contributed by atoms with Crippen molar-refractivity contribution in [1.29, 1.82) is 0 Å². The molecule has 0 spiro atoms. The van der Waals surface area contributed by atoms with Gasteiger partial charge in [0, 0.05) is 43.9 Å². The first-order valence-electron chi connectivity index (χ1n) is 10.1. The first-order chi connectivity index (χ1) is 12.9. The van der Waals surface area contributed by atoms with Gasteiger partial charge in [0.1, 0.15) is 0 Å². The van der Waals surface area contributed by atoms with Crippen LogP contribution in [0.1, 0.15) is 45.5 Å². The zero-order chi connectivity index (χ0) is 19.4. The molecule has 2 aromatic rings. The number of aryl methyl sites for hydroxylation is 4. The van der Waals surface area contributed by atoms with Gasteiger partial charge in [-0.25, -0.2) is 0 Å². The van der Waals surface area contributed by atoms with Crippen LogP contribution in [0.4, 0.5) is 5.69 Å². The molecule has 0 bridgehead atoms. The van der Waals surface area contributed by atoms with Gasteiger partial charge in [0.05, 0.1) is 0 Å². The molecule has 3 heteroatoms. The Balaban J connectivity index is 1.46. The Morgan fingerprint density at radius 1 is 0.852 bits per heavy atom. The molecule has 0 atom stereocenters. The average Bonchev–Trinajstić information content (AvgIpc) is 2.66. The second-order valence-corrected chi connectivity index (χ2v) is 7.96. The Morgan fingerprint density at radius 3 is 2.19 bits per heavy atom. The van der Waals surface area contributed by atoms with Crippen LogP contribution >= 0.6 is 0 Å². The molecule has 1 aliphatic heterocycles. The fourth-order valence-corrected chi connectivity index (χ4v) is 3.91. The normalized spacial score (nSPS) is 15.2. The maximum Gasteiger partial charge on any atom is 0.163 e. The molecule has 0 aromatic heterocycles. The number of carbonyl (C=O) groups excluding carboxylic acids is 1. The average molecular weight is 365 g/mol. The van der Waals surface area contributed by atoms with Crippen LogP contribution < -0.4 is 4.90 Å². The number of benzene rings is 2. The van der Waals surface area contributed by atoms with E-state index in [0.29, 0.717) is 6.42 Å². The summed E-state index contributed by atoms with van der Waals surface area (Å²) in [6.07, 6.45) is 1.58. The second kappa shape index (κ2) is 8.71. The minimum atomic E-state index is 0.283. The van der Waals surface area contributed by atoms with E-state index in [9.17, 15) is 4.79 Å². The first kappa shape index (κ1) is 19.6. The van der Waals surface area contributed by atoms with Crippen LogP contribution in [0.2, 0.25) is 0 Å². The maximum absolute atomic E-state index is 12.5. The number of hydrogen-bond acceptors (Lipinski definition) is 3. The van der Waals surface area contributed by atoms with Crippen molar-refractivity contribution in [3.63, 3.8) is 0 Å². The van der Waals surface area contributed by atoms with Crippen LogP contribution in [-0.2, 0) is 0 Å². The van der Waals surface area contributed by atoms with E-state index in [1.165, 1.54) is 16.8 Å². The molecule has 3 nitrogen and oxygen atoms in total. The summed E-state index contributed by atoms with van der Waals surface area (Å²) in [7, 11) is 0. The van der Waals surface area contributed by atoms with Gasteiger partial charge in [-0.1, -0.05) is 29.8 Å². The minimum absolute atomic E-state index is 0.283. The molecule has 0 N–H and O–H groups in total. The molecular weight excluding hydrogens is 332 g/mol. The lowest BCUT2D eigenvalue weighted by Gasteiger charge is -2.37. The molecule has 1 fully saturated rings. The molecule has 144 valence electrons. The van der Waals surface area contributed by atoms with E-state index in [2.05, 4.69) is 54.0 Å². The predicted octanol–water partition coefficient (Wildman–Crippen LogP) is 4.71. The third-order valence-corrected chi connectivity index (χ3v) is 5.65. The van der Waals surface area contributed by atoms with E-state index in [0.717, 1.165) is 55.8 Å². The molecule has 0 radical (unpaired) electrons. The monoisotopic (exact) mass is 364 g/mol. The van der Waals surface area contributed by atoms with Gasteiger partial charge >= 0.3 is 0 Å². The molecule has 2 aromatic carbocycles. The van der Waals surface area contributed by atoms with Gasteiger partial charge < -0.3 is 4.90 Å². The zero-order valence-corrected chi connectivity index (χ0v) is 17.2. The molecule has 0 aliphatic carbocycles. The van der Waals surface area contributed by atoms with Gasteiger partial charge in [-0.15, -0.1) is 0 Å². The van der Waals surface area contributed by atoms with Crippen molar-refractivity contribution in [2.45, 2.75) is 40.5 Å². The van der Waals surface area contributed by atoms with Crippen molar-refractivity contribution >= 4 is 11.5 Å². The van der Waals surface area contributed by atoms with Gasteiger partial charge in [0.15, 0.2) is 5.78 Å². The lowest BCUT2D eigenvalue weighted by atomic mass is 9.99. The number of Topliss-reactive ketones (excluding diaryl/α,β-unsaturated/α-hetero) is 1. The smallest absolute Gasteiger partial charge is 0.163 e. The van der Waals surface area contributed by atoms with Crippen LogP contribution in [0.3, 0.4) is 0 Å². The van der Waals surface area contributed by atoms with E-state index < -0.39 is 0 Å². The van der Waals surface area contributed by atoms with Crippen LogP contribution in [0.5, 0.6) is 0 Å². The highest BCUT2D eigenvalue weighted by Crippen LogP contribution is 2.23. The summed E-state index contributed by atoms with van der Waals surface area (Å²) >= 11 is 0. The zero-order valence-electron chi connectivity index (χ0n) is 17.2. The molecule has 0 saturated carbocycles. The summed E-state index contributed by atoms with van der Waals surface area (Å²) in [5, 5.41) is 0. The van der Waals surface area contributed by atoms with Crippen LogP contribution in [0.25, 0.3) is 0 Å². The van der Waals surface area contributed by atoms with Gasteiger partial charge in [-0.05, 0) is 69.5 Å². The Morgan fingerprint density at radius 2 is 1.48 bits per heavy atom. The maximum atomic E-state index is 12.5. The third-order valence-electron chi connectivity index (χ3n) is 5.65. The Labute approximate surface area is 164 Å². The lowest BCUT2D eigenvalue weighted by molar-refractivity contribution is 0.0973. The molecule has 1 heterocycles. The van der Waals surface area contributed by atoms with E-state index in [4.69, 9.17) is 0 Å². The highest BCUT2D eigenvalue weighted by molar-refractivity contribution is 5.97. The molecule has 0 amide bonds. The van der Waals surface area contributed by atoms with Crippen LogP contribution in [-0.4, -0.2) is 43.4 Å². The number of ketones is 1. The Kier molecular flexibility index (Phi) is 6.33. The van der Waals surface area contributed by atoms with E-state index in [1.807, 2.05) is 19.9 Å². The number of hydrogen-bond donors (Lipinski definition) is 0. The van der Waals surface area contributed by atoms with Crippen LogP contribution in [0, 0.1) is 27.7 Å². The third kappa shape index (κ3) is 4.98. The van der Waals surface area contributed by atoms with Gasteiger partial charge in [0.25, 0.3) is 0 Å². The van der Waals surface area contributed by atoms with E-state index in [-0.39, 0.29) is 5.78 Å². The number of carbonyl (C=O) groups is 1. The first-order valence-corrected chi connectivity index (χ1v) is 10.1. The highest BCUT2D eigenvalue weighted by atomic mass is 16.1. The number of anilines is 1. The van der Waals surface area contributed by atoms with Crippen molar-refractivity contribution in [2.75, 3.05) is 37.6 Å². The lowest BCUT2D eigenvalue weighted by Crippen LogP contribution is -2.46. The summed E-state index contributed by atoms with van der Waals surface area (Å²) in [4.78, 5) is 17.5. The number of piperazine rings is 1.